The Labute approximate surface area is 122 Å². The summed E-state index contributed by atoms with van der Waals surface area (Å²) in [6, 6.07) is 1.92. The number of rotatable bonds is 3. The predicted octanol–water partition coefficient (Wildman–Crippen LogP) is 2.15. The Balaban J connectivity index is 1.89. The number of amides is 2. The Morgan fingerprint density at radius 3 is 2.90 bits per heavy atom. The maximum atomic E-state index is 12.1. The molecule has 0 unspecified atom stereocenters. The highest BCUT2D eigenvalue weighted by atomic mass is 32.1. The third-order valence-electron chi connectivity index (χ3n) is 3.81. The molecule has 1 fully saturated rings. The summed E-state index contributed by atoms with van der Waals surface area (Å²) in [5.74, 6) is -0.248. The minimum absolute atomic E-state index is 0.120. The van der Waals surface area contributed by atoms with Crippen molar-refractivity contribution in [2.75, 3.05) is 20.2 Å². The first-order valence-electron chi connectivity index (χ1n) is 6.60. The van der Waals surface area contributed by atoms with Crippen LogP contribution in [0.15, 0.2) is 11.4 Å². The average molecular weight is 296 g/mol. The van der Waals surface area contributed by atoms with Crippen molar-refractivity contribution in [3.8, 4) is 0 Å². The molecule has 2 heterocycles. The molecule has 1 atom stereocenters. The number of carbonyl (C=O) groups is 2. The number of aryl methyl sites for hydroxylation is 1. The first-order chi connectivity index (χ1) is 9.46. The Kier molecular flexibility index (Phi) is 4.32. The summed E-state index contributed by atoms with van der Waals surface area (Å²) in [6.45, 7) is 5.40. The van der Waals surface area contributed by atoms with Crippen LogP contribution in [0.5, 0.6) is 0 Å². The van der Waals surface area contributed by atoms with Gasteiger partial charge in [-0.25, -0.2) is 4.79 Å². The van der Waals surface area contributed by atoms with E-state index in [4.69, 9.17) is 4.74 Å². The van der Waals surface area contributed by atoms with E-state index in [1.165, 1.54) is 12.7 Å². The fourth-order valence-electron chi connectivity index (χ4n) is 2.40. The van der Waals surface area contributed by atoms with E-state index in [1.54, 1.807) is 16.2 Å². The molecule has 1 saturated heterocycles. The van der Waals surface area contributed by atoms with E-state index in [-0.39, 0.29) is 12.0 Å². The zero-order valence-electron chi connectivity index (χ0n) is 12.1. The fourth-order valence-corrected chi connectivity index (χ4v) is 3.25. The molecule has 1 aromatic heterocycles. The molecule has 1 aromatic rings. The number of nitrogens with one attached hydrogen (secondary N) is 1. The van der Waals surface area contributed by atoms with Gasteiger partial charge in [-0.15, -0.1) is 11.3 Å². The lowest BCUT2D eigenvalue weighted by Gasteiger charge is -2.22. The zero-order chi connectivity index (χ0) is 14.8. The molecule has 0 spiro atoms. The Bertz CT molecular complexity index is 514. The largest absolute Gasteiger partial charge is 0.469 e. The number of hydrogen-bond donors (Lipinski definition) is 1. The van der Waals surface area contributed by atoms with E-state index in [0.717, 1.165) is 4.88 Å². The van der Waals surface area contributed by atoms with Crippen LogP contribution in [-0.4, -0.2) is 37.1 Å². The number of carbonyl (C=O) groups excluding carboxylic acids is 2. The highest BCUT2D eigenvalue weighted by molar-refractivity contribution is 7.10. The quantitative estimate of drug-likeness (QED) is 0.870. The van der Waals surface area contributed by atoms with Crippen LogP contribution in [0.1, 0.15) is 23.8 Å². The molecule has 5 nitrogen and oxygen atoms in total. The minimum atomic E-state index is -0.578. The molecular weight excluding hydrogens is 276 g/mol. The molecule has 20 heavy (non-hydrogen) atoms. The maximum Gasteiger partial charge on any atom is 0.317 e. The van der Waals surface area contributed by atoms with E-state index >= 15 is 0 Å². The van der Waals surface area contributed by atoms with Crippen LogP contribution in [0.3, 0.4) is 0 Å². The molecule has 0 bridgehead atoms. The molecule has 0 radical (unpaired) electrons. The van der Waals surface area contributed by atoms with Gasteiger partial charge in [0, 0.05) is 18.0 Å². The Morgan fingerprint density at radius 1 is 1.55 bits per heavy atom. The topological polar surface area (TPSA) is 58.6 Å². The van der Waals surface area contributed by atoms with Crippen LogP contribution in [-0.2, 0) is 16.1 Å². The summed E-state index contributed by atoms with van der Waals surface area (Å²) >= 11 is 1.64. The summed E-state index contributed by atoms with van der Waals surface area (Å²) in [4.78, 5) is 26.7. The van der Waals surface area contributed by atoms with Crippen molar-refractivity contribution >= 4 is 23.3 Å². The van der Waals surface area contributed by atoms with E-state index in [0.29, 0.717) is 26.1 Å². The van der Waals surface area contributed by atoms with Gasteiger partial charge in [-0.2, -0.15) is 0 Å². The molecule has 0 saturated carbocycles. The zero-order valence-corrected chi connectivity index (χ0v) is 12.9. The SMILES string of the molecule is COC(=O)[C@@]1(C)CCN(C(=O)NCc2sccc2C)C1. The Morgan fingerprint density at radius 2 is 2.30 bits per heavy atom. The number of thiophene rings is 1. The summed E-state index contributed by atoms with van der Waals surface area (Å²) in [5, 5.41) is 4.92. The lowest BCUT2D eigenvalue weighted by Crippen LogP contribution is -2.40. The number of hydrogen-bond acceptors (Lipinski definition) is 4. The second kappa shape index (κ2) is 5.83. The van der Waals surface area contributed by atoms with Gasteiger partial charge < -0.3 is 15.0 Å². The normalized spacial score (nSPS) is 21.9. The van der Waals surface area contributed by atoms with Gasteiger partial charge in [0.05, 0.1) is 19.1 Å². The van der Waals surface area contributed by atoms with Gasteiger partial charge in [-0.3, -0.25) is 4.79 Å². The van der Waals surface area contributed by atoms with Crippen LogP contribution in [0.4, 0.5) is 4.79 Å². The molecule has 1 aliphatic rings. The fraction of sp³-hybridized carbons (Fsp3) is 0.571. The van der Waals surface area contributed by atoms with Crippen molar-refractivity contribution in [2.45, 2.75) is 26.8 Å². The van der Waals surface area contributed by atoms with Gasteiger partial charge in [0.15, 0.2) is 0 Å². The van der Waals surface area contributed by atoms with Gasteiger partial charge in [0.2, 0.25) is 0 Å². The second-order valence-corrected chi connectivity index (χ2v) is 6.41. The number of urea groups is 1. The smallest absolute Gasteiger partial charge is 0.317 e. The van der Waals surface area contributed by atoms with Crippen LogP contribution in [0, 0.1) is 12.3 Å². The molecule has 0 aliphatic carbocycles. The number of likely N-dealkylation sites (tertiary alicyclic amines) is 1. The maximum absolute atomic E-state index is 12.1. The molecule has 1 N–H and O–H groups in total. The number of methoxy groups -OCH3 is 1. The van der Waals surface area contributed by atoms with Gasteiger partial charge in [0.25, 0.3) is 0 Å². The van der Waals surface area contributed by atoms with Gasteiger partial charge in [-0.05, 0) is 37.3 Å². The van der Waals surface area contributed by atoms with Crippen molar-refractivity contribution in [3.05, 3.63) is 21.9 Å². The lowest BCUT2D eigenvalue weighted by molar-refractivity contribution is -0.150. The van der Waals surface area contributed by atoms with Crippen molar-refractivity contribution < 1.29 is 14.3 Å². The lowest BCUT2D eigenvalue weighted by atomic mass is 9.90. The average Bonchev–Trinajstić information content (AvgIpc) is 3.02. The van der Waals surface area contributed by atoms with E-state index < -0.39 is 5.41 Å². The molecule has 0 aromatic carbocycles. The van der Waals surface area contributed by atoms with E-state index in [9.17, 15) is 9.59 Å². The molecule has 1 aliphatic heterocycles. The van der Waals surface area contributed by atoms with Crippen molar-refractivity contribution in [1.29, 1.82) is 0 Å². The van der Waals surface area contributed by atoms with Gasteiger partial charge in [0.1, 0.15) is 0 Å². The Hall–Kier alpha value is -1.56. The molecular formula is C14H20N2O3S. The first-order valence-corrected chi connectivity index (χ1v) is 7.48. The first kappa shape index (κ1) is 14.8. The second-order valence-electron chi connectivity index (χ2n) is 5.41. The van der Waals surface area contributed by atoms with Crippen molar-refractivity contribution in [3.63, 3.8) is 0 Å². The van der Waals surface area contributed by atoms with Gasteiger partial charge in [-0.1, -0.05) is 0 Å². The van der Waals surface area contributed by atoms with Crippen LogP contribution in [0.2, 0.25) is 0 Å². The third-order valence-corrected chi connectivity index (χ3v) is 4.83. The monoisotopic (exact) mass is 296 g/mol. The summed E-state index contributed by atoms with van der Waals surface area (Å²) < 4.78 is 4.80. The molecule has 6 heteroatoms. The van der Waals surface area contributed by atoms with Crippen LogP contribution in [0.25, 0.3) is 0 Å². The summed E-state index contributed by atoms with van der Waals surface area (Å²) in [7, 11) is 1.38. The van der Waals surface area contributed by atoms with E-state index in [1.807, 2.05) is 25.3 Å². The molecule has 110 valence electrons. The number of nitrogens with zero attached hydrogens (tertiary/aromatic N) is 1. The standard InChI is InChI=1S/C14H20N2O3S/c1-10-4-7-20-11(10)8-15-13(18)16-6-5-14(2,9-16)12(17)19-3/h4,7H,5-6,8-9H2,1-3H3,(H,15,18)/t14-/m0/s1. The molecule has 2 rings (SSSR count). The van der Waals surface area contributed by atoms with Crippen molar-refractivity contribution in [1.82, 2.24) is 10.2 Å². The summed E-state index contributed by atoms with van der Waals surface area (Å²) in [6.07, 6.45) is 0.644. The van der Waals surface area contributed by atoms with Crippen LogP contribution >= 0.6 is 11.3 Å². The number of ether oxygens (including phenoxy) is 1. The predicted molar refractivity (Wildman–Crippen MR) is 77.6 cm³/mol. The minimum Gasteiger partial charge on any atom is -0.469 e. The van der Waals surface area contributed by atoms with Crippen molar-refractivity contribution in [2.24, 2.45) is 5.41 Å². The highest BCUT2D eigenvalue weighted by Crippen LogP contribution is 2.31. The third kappa shape index (κ3) is 2.95. The van der Waals surface area contributed by atoms with Gasteiger partial charge >= 0.3 is 12.0 Å². The molecule has 2 amide bonds. The van der Waals surface area contributed by atoms with Crippen LogP contribution < -0.4 is 5.32 Å². The summed E-state index contributed by atoms with van der Waals surface area (Å²) in [5.41, 5.74) is 0.612. The highest BCUT2D eigenvalue weighted by Gasteiger charge is 2.42. The van der Waals surface area contributed by atoms with E-state index in [2.05, 4.69) is 5.32 Å². The number of esters is 1.